The van der Waals surface area contributed by atoms with Gasteiger partial charge in [0, 0.05) is 5.38 Å². The lowest BCUT2D eigenvalue weighted by Crippen LogP contribution is -2.23. The lowest BCUT2D eigenvalue weighted by molar-refractivity contribution is 0.0693. The van der Waals surface area contributed by atoms with Crippen LogP contribution in [-0.4, -0.2) is 29.6 Å². The predicted molar refractivity (Wildman–Crippen MR) is 71.2 cm³/mol. The molecule has 1 heterocycles. The second kappa shape index (κ2) is 5.57. The first-order valence-corrected chi connectivity index (χ1v) is 7.76. The largest absolute Gasteiger partial charge is 0.507 e. The third kappa shape index (κ3) is 3.13. The van der Waals surface area contributed by atoms with Gasteiger partial charge in [-0.15, -0.1) is 11.3 Å². The Balaban J connectivity index is 2.25. The molecule has 106 valence electrons. The molecule has 0 atom stereocenters. The van der Waals surface area contributed by atoms with E-state index in [1.165, 1.54) is 11.3 Å². The summed E-state index contributed by atoms with van der Waals surface area (Å²) in [7, 11) is -3.87. The van der Waals surface area contributed by atoms with E-state index in [1.807, 2.05) is 0 Å². The molecule has 0 aliphatic heterocycles. The summed E-state index contributed by atoms with van der Waals surface area (Å²) in [6.45, 7) is 0.00904. The molecule has 20 heavy (non-hydrogen) atoms. The molecule has 0 bridgehead atoms. The zero-order valence-electron chi connectivity index (χ0n) is 9.98. The number of aromatic carboxylic acids is 1. The Kier molecular flexibility index (Phi) is 4.02. The average molecular weight is 314 g/mol. The van der Waals surface area contributed by atoms with Crippen molar-refractivity contribution in [1.82, 2.24) is 9.71 Å². The van der Waals surface area contributed by atoms with Crippen LogP contribution >= 0.6 is 11.3 Å². The van der Waals surface area contributed by atoms with Crippen LogP contribution in [0.3, 0.4) is 0 Å². The molecule has 0 unspecified atom stereocenters. The van der Waals surface area contributed by atoms with Crippen molar-refractivity contribution in [3.8, 4) is 5.75 Å². The van der Waals surface area contributed by atoms with Crippen LogP contribution in [0.1, 0.15) is 16.1 Å². The van der Waals surface area contributed by atoms with Gasteiger partial charge < -0.3 is 10.2 Å². The number of thiazole rings is 1. The number of phenols is 1. The van der Waals surface area contributed by atoms with Gasteiger partial charge in [-0.2, -0.15) is 0 Å². The summed E-state index contributed by atoms with van der Waals surface area (Å²) < 4.78 is 26.3. The van der Waals surface area contributed by atoms with Crippen molar-refractivity contribution < 1.29 is 23.4 Å². The number of benzene rings is 1. The van der Waals surface area contributed by atoms with E-state index >= 15 is 0 Å². The minimum absolute atomic E-state index is 0.00904. The van der Waals surface area contributed by atoms with Crippen LogP contribution in [0, 0.1) is 0 Å². The minimum atomic E-state index is -3.87. The Hall–Kier alpha value is -1.97. The van der Waals surface area contributed by atoms with Crippen molar-refractivity contribution >= 4 is 27.3 Å². The first-order chi connectivity index (χ1) is 9.40. The number of carboxylic acid groups (broad SMARTS) is 1. The van der Waals surface area contributed by atoms with Gasteiger partial charge in [0.2, 0.25) is 10.0 Å². The van der Waals surface area contributed by atoms with E-state index in [1.54, 1.807) is 10.9 Å². The third-order valence-electron chi connectivity index (χ3n) is 2.44. The smallest absolute Gasteiger partial charge is 0.339 e. The monoisotopic (exact) mass is 314 g/mol. The third-order valence-corrected chi connectivity index (χ3v) is 4.47. The standard InChI is InChI=1S/C11H10N2O5S2/c14-10-2-1-8(3-9(10)11(15)16)20(17,18)13-4-7-5-19-6-12-7/h1-3,5-6,13-14H,4H2,(H,15,16). The maximum absolute atomic E-state index is 12.0. The van der Waals surface area contributed by atoms with Crippen molar-refractivity contribution in [1.29, 1.82) is 0 Å². The van der Waals surface area contributed by atoms with Crippen LogP contribution in [0.2, 0.25) is 0 Å². The molecule has 1 aromatic carbocycles. The number of hydrogen-bond acceptors (Lipinski definition) is 6. The number of carbonyl (C=O) groups is 1. The number of aromatic nitrogens is 1. The number of nitrogens with one attached hydrogen (secondary N) is 1. The molecule has 0 amide bonds. The van der Waals surface area contributed by atoms with Crippen LogP contribution in [-0.2, 0) is 16.6 Å². The summed E-state index contributed by atoms with van der Waals surface area (Å²) in [5, 5.41) is 19.9. The maximum Gasteiger partial charge on any atom is 0.339 e. The van der Waals surface area contributed by atoms with Gasteiger partial charge in [0.15, 0.2) is 0 Å². The Morgan fingerprint density at radius 1 is 1.40 bits per heavy atom. The fraction of sp³-hybridized carbons (Fsp3) is 0.0909. The summed E-state index contributed by atoms with van der Waals surface area (Å²) in [5.74, 6) is -1.89. The second-order valence-electron chi connectivity index (χ2n) is 3.79. The first kappa shape index (κ1) is 14.4. The number of hydrogen-bond donors (Lipinski definition) is 3. The van der Waals surface area contributed by atoms with E-state index < -0.39 is 27.3 Å². The number of sulfonamides is 1. The van der Waals surface area contributed by atoms with Crippen molar-refractivity contribution in [3.05, 3.63) is 40.3 Å². The van der Waals surface area contributed by atoms with Crippen molar-refractivity contribution in [2.45, 2.75) is 11.4 Å². The molecular formula is C11H10N2O5S2. The number of nitrogens with zero attached hydrogens (tertiary/aromatic N) is 1. The van der Waals surface area contributed by atoms with Crippen molar-refractivity contribution in [3.63, 3.8) is 0 Å². The van der Waals surface area contributed by atoms with E-state index in [4.69, 9.17) is 5.11 Å². The van der Waals surface area contributed by atoms with Crippen molar-refractivity contribution in [2.24, 2.45) is 0 Å². The van der Waals surface area contributed by atoms with Gasteiger partial charge in [-0.3, -0.25) is 0 Å². The fourth-order valence-electron chi connectivity index (χ4n) is 1.43. The lowest BCUT2D eigenvalue weighted by atomic mass is 10.2. The number of aromatic hydroxyl groups is 1. The highest BCUT2D eigenvalue weighted by molar-refractivity contribution is 7.89. The van der Waals surface area contributed by atoms with Crippen LogP contribution < -0.4 is 4.72 Å². The quantitative estimate of drug-likeness (QED) is 0.759. The first-order valence-electron chi connectivity index (χ1n) is 5.33. The van der Waals surface area contributed by atoms with Gasteiger partial charge >= 0.3 is 5.97 Å². The fourth-order valence-corrected chi connectivity index (χ4v) is 3.01. The van der Waals surface area contributed by atoms with Crippen LogP contribution in [0.25, 0.3) is 0 Å². The highest BCUT2D eigenvalue weighted by Gasteiger charge is 2.18. The van der Waals surface area contributed by atoms with Gasteiger partial charge in [0.25, 0.3) is 0 Å². The molecular weight excluding hydrogens is 304 g/mol. The Morgan fingerprint density at radius 3 is 2.75 bits per heavy atom. The van der Waals surface area contributed by atoms with Gasteiger partial charge in [0.05, 0.1) is 22.6 Å². The summed E-state index contributed by atoms with van der Waals surface area (Å²) in [6, 6.07) is 3.06. The average Bonchev–Trinajstić information content (AvgIpc) is 2.89. The molecule has 0 fully saturated rings. The van der Waals surface area contributed by atoms with E-state index in [-0.39, 0.29) is 11.4 Å². The zero-order chi connectivity index (χ0) is 14.8. The van der Waals surface area contributed by atoms with Crippen LogP contribution in [0.4, 0.5) is 0 Å². The molecule has 2 aromatic rings. The van der Waals surface area contributed by atoms with E-state index in [9.17, 15) is 18.3 Å². The van der Waals surface area contributed by atoms with E-state index in [2.05, 4.69) is 9.71 Å². The van der Waals surface area contributed by atoms with Crippen LogP contribution in [0.15, 0.2) is 34.0 Å². The Bertz CT molecular complexity index is 725. The molecule has 0 aliphatic carbocycles. The normalized spacial score (nSPS) is 11.4. The molecule has 0 saturated carbocycles. The molecule has 0 radical (unpaired) electrons. The summed E-state index contributed by atoms with van der Waals surface area (Å²) in [4.78, 5) is 14.6. The van der Waals surface area contributed by atoms with E-state index in [0.29, 0.717) is 5.69 Å². The summed E-state index contributed by atoms with van der Waals surface area (Å²) in [6.07, 6.45) is 0. The highest BCUT2D eigenvalue weighted by atomic mass is 32.2. The summed E-state index contributed by atoms with van der Waals surface area (Å²) in [5.41, 5.74) is 1.67. The lowest BCUT2D eigenvalue weighted by Gasteiger charge is -2.07. The molecule has 0 saturated heterocycles. The molecule has 0 aliphatic rings. The van der Waals surface area contributed by atoms with Crippen LogP contribution in [0.5, 0.6) is 5.75 Å². The maximum atomic E-state index is 12.0. The van der Waals surface area contributed by atoms with Gasteiger partial charge in [-0.25, -0.2) is 22.9 Å². The molecule has 7 nitrogen and oxygen atoms in total. The van der Waals surface area contributed by atoms with E-state index in [0.717, 1.165) is 18.2 Å². The number of carboxylic acids is 1. The Labute approximate surface area is 118 Å². The van der Waals surface area contributed by atoms with Gasteiger partial charge in [0.1, 0.15) is 11.3 Å². The molecule has 2 rings (SSSR count). The zero-order valence-corrected chi connectivity index (χ0v) is 11.6. The summed E-state index contributed by atoms with van der Waals surface area (Å²) >= 11 is 1.34. The molecule has 0 spiro atoms. The van der Waals surface area contributed by atoms with Crippen molar-refractivity contribution in [2.75, 3.05) is 0 Å². The second-order valence-corrected chi connectivity index (χ2v) is 6.27. The molecule has 9 heteroatoms. The minimum Gasteiger partial charge on any atom is -0.507 e. The Morgan fingerprint density at radius 2 is 2.15 bits per heavy atom. The number of rotatable bonds is 5. The SMILES string of the molecule is O=C(O)c1cc(S(=O)(=O)NCc2cscn2)ccc1O. The molecule has 1 aromatic heterocycles. The molecule has 3 N–H and O–H groups in total. The van der Waals surface area contributed by atoms with Gasteiger partial charge in [-0.1, -0.05) is 0 Å². The van der Waals surface area contributed by atoms with Gasteiger partial charge in [-0.05, 0) is 18.2 Å². The topological polar surface area (TPSA) is 117 Å². The predicted octanol–water partition coefficient (Wildman–Crippen LogP) is 1.03. The highest BCUT2D eigenvalue weighted by Crippen LogP contribution is 2.21.